The maximum absolute atomic E-state index is 13.5. The van der Waals surface area contributed by atoms with Crippen LogP contribution in [0.15, 0.2) is 15.8 Å². The van der Waals surface area contributed by atoms with Crippen LogP contribution >= 0.6 is 8.03 Å². The minimum Gasteiger partial charge on any atom is -0.387 e. The van der Waals surface area contributed by atoms with Crippen molar-refractivity contribution in [2.75, 3.05) is 19.9 Å². The molecule has 0 saturated carbocycles. The fourth-order valence-corrected chi connectivity index (χ4v) is 3.32. The zero-order valence-electron chi connectivity index (χ0n) is 12.3. The Bertz CT molecular complexity index is 779. The molecule has 9 nitrogen and oxygen atoms in total. The molecule has 2 saturated heterocycles. The highest BCUT2D eigenvalue weighted by Gasteiger charge is 2.69. The molecule has 3 rings (SSSR count). The number of aliphatic hydroxyl groups excluding tert-OH is 1. The van der Waals surface area contributed by atoms with Crippen LogP contribution in [0.5, 0.6) is 0 Å². The lowest BCUT2D eigenvalue weighted by atomic mass is 9.92. The van der Waals surface area contributed by atoms with Crippen molar-refractivity contribution < 1.29 is 28.1 Å². The SMILES string of the molecule is C[P+](=O)OC[C@]12CO[C@](C)([C@@H]1O)[C@H](n1cc(F)c(=O)[nH]c1=O)O2. The zero-order chi connectivity index (χ0) is 17.0. The molecule has 5 atom stereocenters. The quantitative estimate of drug-likeness (QED) is 0.702. The van der Waals surface area contributed by atoms with Crippen molar-refractivity contribution in [2.45, 2.75) is 30.5 Å². The molecule has 2 fully saturated rings. The molecule has 0 aliphatic carbocycles. The molecular weight excluding hydrogens is 334 g/mol. The summed E-state index contributed by atoms with van der Waals surface area (Å²) in [7, 11) is -1.93. The lowest BCUT2D eigenvalue weighted by molar-refractivity contribution is -0.211. The minimum absolute atomic E-state index is 0.0368. The molecule has 1 aromatic rings. The smallest absolute Gasteiger partial charge is 0.387 e. The van der Waals surface area contributed by atoms with E-state index in [1.54, 1.807) is 0 Å². The molecule has 23 heavy (non-hydrogen) atoms. The van der Waals surface area contributed by atoms with Crippen LogP contribution in [0, 0.1) is 5.82 Å². The van der Waals surface area contributed by atoms with Crippen molar-refractivity contribution >= 4 is 8.03 Å². The highest BCUT2D eigenvalue weighted by atomic mass is 31.1. The average Bonchev–Trinajstić information content (AvgIpc) is 2.85. The number of hydrogen-bond donors (Lipinski definition) is 2. The molecule has 1 unspecified atom stereocenters. The lowest BCUT2D eigenvalue weighted by Crippen LogP contribution is -2.46. The van der Waals surface area contributed by atoms with E-state index in [1.165, 1.54) is 13.6 Å². The molecule has 0 aromatic carbocycles. The van der Waals surface area contributed by atoms with Gasteiger partial charge in [0.05, 0.1) is 12.8 Å². The molecule has 2 bridgehead atoms. The van der Waals surface area contributed by atoms with E-state index in [1.807, 2.05) is 4.98 Å². The van der Waals surface area contributed by atoms with Crippen LogP contribution in [0.4, 0.5) is 4.39 Å². The highest BCUT2D eigenvalue weighted by molar-refractivity contribution is 7.38. The monoisotopic (exact) mass is 349 g/mol. The van der Waals surface area contributed by atoms with E-state index in [0.717, 1.165) is 4.57 Å². The summed E-state index contributed by atoms with van der Waals surface area (Å²) in [4.78, 5) is 24.9. The van der Waals surface area contributed by atoms with Crippen LogP contribution < -0.4 is 11.2 Å². The molecule has 2 N–H and O–H groups in total. The van der Waals surface area contributed by atoms with E-state index < -0.39 is 48.6 Å². The van der Waals surface area contributed by atoms with Crippen molar-refractivity contribution in [3.8, 4) is 0 Å². The Labute approximate surface area is 129 Å². The topological polar surface area (TPSA) is 120 Å². The number of hydrogen-bond acceptors (Lipinski definition) is 7. The lowest BCUT2D eigenvalue weighted by Gasteiger charge is -2.33. The van der Waals surface area contributed by atoms with Crippen molar-refractivity contribution in [3.63, 3.8) is 0 Å². The molecule has 2 aliphatic heterocycles. The number of nitrogens with zero attached hydrogens (tertiary/aromatic N) is 1. The zero-order valence-corrected chi connectivity index (χ0v) is 13.2. The second-order valence-corrected chi connectivity index (χ2v) is 6.90. The van der Waals surface area contributed by atoms with Gasteiger partial charge >= 0.3 is 13.7 Å². The Morgan fingerprint density at radius 1 is 1.61 bits per heavy atom. The number of halogens is 1. The second kappa shape index (κ2) is 5.29. The van der Waals surface area contributed by atoms with Crippen LogP contribution in [-0.2, 0) is 18.6 Å². The molecule has 0 spiro atoms. The molecular formula is C12H15FN2O7P+. The standard InChI is InChI=1S/C12H14FN2O7P/c1-11-8(17)12(4-20-11,5-21-23(2)19)22-9(11)15-3-6(13)7(16)14-10(15)18/h3,8-9,17H,4-5H2,1-2H3/p+1/t8-,9+,11+,12+/m0/s1. The van der Waals surface area contributed by atoms with E-state index in [9.17, 15) is 23.7 Å². The molecule has 0 amide bonds. The van der Waals surface area contributed by atoms with Crippen molar-refractivity contribution in [3.05, 3.63) is 32.9 Å². The van der Waals surface area contributed by atoms with Gasteiger partial charge in [-0.3, -0.25) is 14.3 Å². The Balaban J connectivity index is 2.00. The van der Waals surface area contributed by atoms with Gasteiger partial charge in [-0.25, -0.2) is 4.79 Å². The Hall–Kier alpha value is -1.45. The molecule has 0 radical (unpaired) electrons. The van der Waals surface area contributed by atoms with E-state index in [0.29, 0.717) is 6.20 Å². The highest BCUT2D eigenvalue weighted by Crippen LogP contribution is 2.52. The summed E-state index contributed by atoms with van der Waals surface area (Å²) in [5, 5.41) is 10.5. The summed E-state index contributed by atoms with van der Waals surface area (Å²) in [5.41, 5.74) is -4.73. The van der Waals surface area contributed by atoms with Crippen molar-refractivity contribution in [1.29, 1.82) is 0 Å². The van der Waals surface area contributed by atoms with Gasteiger partial charge in [0, 0.05) is 0 Å². The van der Waals surface area contributed by atoms with Gasteiger partial charge in [0.2, 0.25) is 5.82 Å². The van der Waals surface area contributed by atoms with Crippen LogP contribution in [0.2, 0.25) is 0 Å². The number of aliphatic hydroxyl groups is 1. The fraction of sp³-hybridized carbons (Fsp3) is 0.667. The van der Waals surface area contributed by atoms with Crippen molar-refractivity contribution in [2.24, 2.45) is 0 Å². The first-order valence-corrected chi connectivity index (χ1v) is 8.37. The van der Waals surface area contributed by atoms with E-state index >= 15 is 0 Å². The summed E-state index contributed by atoms with van der Waals surface area (Å²) >= 11 is 0. The first-order chi connectivity index (χ1) is 10.7. The van der Waals surface area contributed by atoms with Crippen LogP contribution in [0.1, 0.15) is 13.2 Å². The largest absolute Gasteiger partial charge is 0.504 e. The van der Waals surface area contributed by atoms with E-state index in [4.69, 9.17) is 14.0 Å². The summed E-state index contributed by atoms with van der Waals surface area (Å²) in [6.07, 6.45) is -1.68. The summed E-state index contributed by atoms with van der Waals surface area (Å²) in [6, 6.07) is 0. The van der Waals surface area contributed by atoms with Crippen molar-refractivity contribution in [1.82, 2.24) is 9.55 Å². The maximum Gasteiger partial charge on any atom is 0.504 e. The van der Waals surface area contributed by atoms with Gasteiger partial charge in [0.25, 0.3) is 5.56 Å². The fourth-order valence-electron chi connectivity index (χ4n) is 2.92. The number of rotatable bonds is 4. The van der Waals surface area contributed by atoms with Gasteiger partial charge in [-0.1, -0.05) is 0 Å². The van der Waals surface area contributed by atoms with E-state index in [-0.39, 0.29) is 13.2 Å². The van der Waals surface area contributed by atoms with Gasteiger partial charge in [0.15, 0.2) is 18.5 Å². The average molecular weight is 349 g/mol. The first kappa shape index (κ1) is 16.4. The second-order valence-electron chi connectivity index (χ2n) is 5.77. The molecule has 11 heteroatoms. The molecule has 2 aliphatic rings. The summed E-state index contributed by atoms with van der Waals surface area (Å²) in [5.74, 6) is -1.17. The van der Waals surface area contributed by atoms with Crippen LogP contribution in [-0.4, -0.2) is 51.8 Å². The van der Waals surface area contributed by atoms with Gasteiger partial charge in [-0.2, -0.15) is 4.39 Å². The number of H-pyrrole nitrogens is 1. The number of aromatic nitrogens is 2. The molecule has 1 aromatic heterocycles. The molecule has 3 heterocycles. The summed E-state index contributed by atoms with van der Waals surface area (Å²) in [6.45, 7) is 2.59. The molecule has 126 valence electrons. The Kier molecular flexibility index (Phi) is 3.77. The Morgan fingerprint density at radius 3 is 2.96 bits per heavy atom. The minimum atomic E-state index is -1.93. The Morgan fingerprint density at radius 2 is 2.30 bits per heavy atom. The third kappa shape index (κ3) is 2.38. The predicted molar refractivity (Wildman–Crippen MR) is 74.0 cm³/mol. The number of fused-ring (bicyclic) bond motifs is 2. The predicted octanol–water partition coefficient (Wildman–Crippen LogP) is -0.518. The first-order valence-electron chi connectivity index (χ1n) is 6.74. The number of aromatic amines is 1. The van der Waals surface area contributed by atoms with Gasteiger partial charge in [0.1, 0.15) is 18.3 Å². The van der Waals surface area contributed by atoms with Crippen LogP contribution in [0.25, 0.3) is 0 Å². The normalized spacial score (nSPS) is 36.4. The maximum atomic E-state index is 13.5. The van der Waals surface area contributed by atoms with Gasteiger partial charge in [-0.15, -0.1) is 4.52 Å². The number of nitrogens with one attached hydrogen (secondary N) is 1. The van der Waals surface area contributed by atoms with Gasteiger partial charge < -0.3 is 14.6 Å². The third-order valence-corrected chi connectivity index (χ3v) is 4.67. The third-order valence-electron chi connectivity index (χ3n) is 4.17. The van der Waals surface area contributed by atoms with E-state index in [2.05, 4.69) is 0 Å². The van der Waals surface area contributed by atoms with Crippen LogP contribution in [0.3, 0.4) is 0 Å². The number of ether oxygens (including phenoxy) is 2. The summed E-state index contributed by atoms with van der Waals surface area (Å²) < 4.78 is 41.8. The van der Waals surface area contributed by atoms with Gasteiger partial charge in [-0.05, 0) is 11.5 Å².